The van der Waals surface area contributed by atoms with Crippen molar-refractivity contribution in [2.45, 2.75) is 11.8 Å². The van der Waals surface area contributed by atoms with Crippen molar-refractivity contribution in [3.8, 4) is 0 Å². The first-order chi connectivity index (χ1) is 9.45. The van der Waals surface area contributed by atoms with Crippen molar-refractivity contribution < 1.29 is 8.42 Å². The fourth-order valence-corrected chi connectivity index (χ4v) is 3.97. The standard InChI is InChI=1S/C13H12ClN3O2S/c1-2-20(18,19)13-9(14)5-8-7-3-4-16-6-10(7)17-12(8)11(13)15/h3-6,17H,2,15H2,1H3. The van der Waals surface area contributed by atoms with E-state index in [0.29, 0.717) is 5.52 Å². The lowest BCUT2D eigenvalue weighted by molar-refractivity contribution is 0.598. The summed E-state index contributed by atoms with van der Waals surface area (Å²) >= 11 is 6.14. The van der Waals surface area contributed by atoms with Crippen LogP contribution < -0.4 is 5.73 Å². The number of nitrogen functional groups attached to an aromatic ring is 1. The van der Waals surface area contributed by atoms with E-state index in [1.807, 2.05) is 6.07 Å². The largest absolute Gasteiger partial charge is 0.396 e. The maximum atomic E-state index is 12.1. The minimum atomic E-state index is -3.48. The summed E-state index contributed by atoms with van der Waals surface area (Å²) < 4.78 is 24.2. The summed E-state index contributed by atoms with van der Waals surface area (Å²) in [6.07, 6.45) is 3.33. The summed E-state index contributed by atoms with van der Waals surface area (Å²) in [4.78, 5) is 7.12. The predicted octanol–water partition coefficient (Wildman–Crippen LogP) is 2.75. The molecule has 5 nitrogen and oxygen atoms in total. The monoisotopic (exact) mass is 309 g/mol. The normalized spacial score (nSPS) is 12.3. The van der Waals surface area contributed by atoms with Crippen LogP contribution in [0, 0.1) is 0 Å². The Kier molecular flexibility index (Phi) is 2.88. The molecule has 0 bridgehead atoms. The van der Waals surface area contributed by atoms with Gasteiger partial charge in [0.15, 0.2) is 9.84 Å². The lowest BCUT2D eigenvalue weighted by atomic mass is 10.1. The molecule has 7 heteroatoms. The van der Waals surface area contributed by atoms with Crippen molar-refractivity contribution in [1.82, 2.24) is 9.97 Å². The highest BCUT2D eigenvalue weighted by Crippen LogP contribution is 2.38. The molecule has 3 rings (SSSR count). The fraction of sp³-hybridized carbons (Fsp3) is 0.154. The molecule has 0 amide bonds. The minimum absolute atomic E-state index is 0.00585. The lowest BCUT2D eigenvalue weighted by Crippen LogP contribution is -2.08. The smallest absolute Gasteiger partial charge is 0.181 e. The Bertz CT molecular complexity index is 932. The number of benzene rings is 1. The van der Waals surface area contributed by atoms with Gasteiger partial charge in [-0.1, -0.05) is 18.5 Å². The van der Waals surface area contributed by atoms with E-state index in [0.717, 1.165) is 16.3 Å². The number of nitrogens with two attached hydrogens (primary N) is 1. The SMILES string of the molecule is CCS(=O)(=O)c1c(Cl)cc2c([nH]c3cnccc32)c1N. The van der Waals surface area contributed by atoms with E-state index < -0.39 is 9.84 Å². The zero-order valence-corrected chi connectivity index (χ0v) is 12.2. The minimum Gasteiger partial charge on any atom is -0.396 e. The summed E-state index contributed by atoms with van der Waals surface area (Å²) in [5.74, 6) is -0.0514. The maximum Gasteiger partial charge on any atom is 0.181 e. The molecule has 0 saturated heterocycles. The van der Waals surface area contributed by atoms with E-state index in [4.69, 9.17) is 17.3 Å². The third-order valence-electron chi connectivity index (χ3n) is 3.33. The Morgan fingerprint density at radius 3 is 2.85 bits per heavy atom. The number of aromatic nitrogens is 2. The Hall–Kier alpha value is -1.79. The molecular formula is C13H12ClN3O2S. The molecule has 3 aromatic rings. The van der Waals surface area contributed by atoms with Crippen LogP contribution in [-0.2, 0) is 9.84 Å². The molecule has 0 atom stereocenters. The van der Waals surface area contributed by atoms with Crippen molar-refractivity contribution in [1.29, 1.82) is 0 Å². The number of H-pyrrole nitrogens is 1. The van der Waals surface area contributed by atoms with Crippen molar-refractivity contribution in [2.24, 2.45) is 0 Å². The first-order valence-electron chi connectivity index (χ1n) is 6.02. The van der Waals surface area contributed by atoms with E-state index in [2.05, 4.69) is 9.97 Å². The first kappa shape index (κ1) is 13.2. The number of sulfone groups is 1. The number of halogens is 1. The van der Waals surface area contributed by atoms with Crippen LogP contribution >= 0.6 is 11.6 Å². The van der Waals surface area contributed by atoms with Gasteiger partial charge < -0.3 is 10.7 Å². The zero-order chi connectivity index (χ0) is 14.5. The molecule has 0 unspecified atom stereocenters. The van der Waals surface area contributed by atoms with Crippen LogP contribution in [-0.4, -0.2) is 24.1 Å². The van der Waals surface area contributed by atoms with Crippen molar-refractivity contribution in [3.63, 3.8) is 0 Å². The Morgan fingerprint density at radius 2 is 2.15 bits per heavy atom. The third-order valence-corrected chi connectivity index (χ3v) is 5.57. The number of hydrogen-bond donors (Lipinski definition) is 2. The van der Waals surface area contributed by atoms with Crippen LogP contribution in [0.5, 0.6) is 0 Å². The number of rotatable bonds is 2. The maximum absolute atomic E-state index is 12.1. The van der Waals surface area contributed by atoms with Gasteiger partial charge in [-0.3, -0.25) is 4.98 Å². The molecule has 3 N–H and O–H groups in total. The number of hydrogen-bond acceptors (Lipinski definition) is 4. The van der Waals surface area contributed by atoms with Gasteiger partial charge in [0.25, 0.3) is 0 Å². The fourth-order valence-electron chi connectivity index (χ4n) is 2.32. The lowest BCUT2D eigenvalue weighted by Gasteiger charge is -2.09. The first-order valence-corrected chi connectivity index (χ1v) is 8.05. The molecule has 0 fully saturated rings. The van der Waals surface area contributed by atoms with Gasteiger partial charge in [-0.25, -0.2) is 8.42 Å². The van der Waals surface area contributed by atoms with Gasteiger partial charge in [0, 0.05) is 17.0 Å². The molecule has 2 heterocycles. The molecule has 104 valence electrons. The van der Waals surface area contributed by atoms with E-state index >= 15 is 0 Å². The van der Waals surface area contributed by atoms with Crippen molar-refractivity contribution in [2.75, 3.05) is 11.5 Å². The molecule has 0 aliphatic rings. The average Bonchev–Trinajstić information content (AvgIpc) is 2.78. The number of fused-ring (bicyclic) bond motifs is 3. The highest BCUT2D eigenvalue weighted by atomic mass is 35.5. The van der Waals surface area contributed by atoms with Gasteiger partial charge in [-0.15, -0.1) is 0 Å². The molecule has 0 spiro atoms. The number of pyridine rings is 1. The molecule has 2 aromatic heterocycles. The van der Waals surface area contributed by atoms with Gasteiger partial charge >= 0.3 is 0 Å². The number of anilines is 1. The van der Waals surface area contributed by atoms with E-state index in [1.165, 1.54) is 0 Å². The molecule has 0 aliphatic heterocycles. The quantitative estimate of drug-likeness (QED) is 0.712. The molecule has 0 saturated carbocycles. The molecule has 0 aliphatic carbocycles. The molecule has 0 radical (unpaired) electrons. The van der Waals surface area contributed by atoms with E-state index in [9.17, 15) is 8.42 Å². The van der Waals surface area contributed by atoms with Crippen LogP contribution in [0.2, 0.25) is 5.02 Å². The second-order valence-corrected chi connectivity index (χ2v) is 7.10. The summed E-state index contributed by atoms with van der Waals surface area (Å²) in [5.41, 5.74) is 7.55. The Morgan fingerprint density at radius 1 is 1.40 bits per heavy atom. The summed E-state index contributed by atoms with van der Waals surface area (Å²) in [5, 5.41) is 1.85. The number of nitrogens with one attached hydrogen (secondary N) is 1. The van der Waals surface area contributed by atoms with Crippen LogP contribution in [0.25, 0.3) is 21.8 Å². The third kappa shape index (κ3) is 1.76. The zero-order valence-electron chi connectivity index (χ0n) is 10.6. The summed E-state index contributed by atoms with van der Waals surface area (Å²) in [7, 11) is -3.48. The molecular weight excluding hydrogens is 298 g/mol. The van der Waals surface area contributed by atoms with Crippen molar-refractivity contribution in [3.05, 3.63) is 29.5 Å². The van der Waals surface area contributed by atoms with Gasteiger partial charge in [-0.05, 0) is 12.1 Å². The number of aromatic amines is 1. The van der Waals surface area contributed by atoms with Crippen molar-refractivity contribution >= 4 is 48.9 Å². The Balaban J connectivity index is 2.51. The van der Waals surface area contributed by atoms with Gasteiger partial charge in [-0.2, -0.15) is 0 Å². The molecule has 1 aromatic carbocycles. The second kappa shape index (κ2) is 4.36. The van der Waals surface area contributed by atoms with Gasteiger partial charge in [0.2, 0.25) is 0 Å². The summed E-state index contributed by atoms with van der Waals surface area (Å²) in [6.45, 7) is 1.56. The van der Waals surface area contributed by atoms with Crippen LogP contribution in [0.3, 0.4) is 0 Å². The topological polar surface area (TPSA) is 88.8 Å². The van der Waals surface area contributed by atoms with Gasteiger partial charge in [0.1, 0.15) is 4.90 Å². The second-order valence-electron chi connectivity index (χ2n) is 4.47. The van der Waals surface area contributed by atoms with Crippen LogP contribution in [0.1, 0.15) is 6.92 Å². The number of nitrogens with zero attached hydrogens (tertiary/aromatic N) is 1. The Labute approximate surface area is 120 Å². The van der Waals surface area contributed by atoms with Gasteiger partial charge in [0.05, 0.1) is 33.7 Å². The van der Waals surface area contributed by atoms with Crippen LogP contribution in [0.4, 0.5) is 5.69 Å². The van der Waals surface area contributed by atoms with Crippen LogP contribution in [0.15, 0.2) is 29.4 Å². The summed E-state index contributed by atoms with van der Waals surface area (Å²) in [6, 6.07) is 3.46. The molecule has 20 heavy (non-hydrogen) atoms. The average molecular weight is 310 g/mol. The highest BCUT2D eigenvalue weighted by Gasteiger charge is 2.23. The highest BCUT2D eigenvalue weighted by molar-refractivity contribution is 7.91. The van der Waals surface area contributed by atoms with E-state index in [1.54, 1.807) is 25.4 Å². The van der Waals surface area contributed by atoms with E-state index in [-0.39, 0.29) is 21.4 Å². The predicted molar refractivity (Wildman–Crippen MR) is 80.7 cm³/mol.